The highest BCUT2D eigenvalue weighted by atomic mass is 19.1. The molecule has 0 aromatic heterocycles. The molecular formula is C15H16FNO2. The molecule has 2 aromatic rings. The molecule has 19 heavy (non-hydrogen) atoms. The number of rotatable bonds is 4. The van der Waals surface area contributed by atoms with Gasteiger partial charge in [0.1, 0.15) is 5.75 Å². The Morgan fingerprint density at radius 1 is 0.947 bits per heavy atom. The third-order valence-electron chi connectivity index (χ3n) is 3.01. The number of halogens is 1. The third-order valence-corrected chi connectivity index (χ3v) is 3.01. The van der Waals surface area contributed by atoms with Crippen LogP contribution in [-0.2, 0) is 0 Å². The predicted octanol–water partition coefficient (Wildman–Crippen LogP) is 2.89. The fourth-order valence-electron chi connectivity index (χ4n) is 1.88. The first-order chi connectivity index (χ1) is 9.15. The second-order valence-electron chi connectivity index (χ2n) is 4.14. The fourth-order valence-corrected chi connectivity index (χ4v) is 1.88. The van der Waals surface area contributed by atoms with Crippen LogP contribution in [0.2, 0.25) is 0 Å². The Balaban J connectivity index is 2.27. The summed E-state index contributed by atoms with van der Waals surface area (Å²) >= 11 is 0. The van der Waals surface area contributed by atoms with Gasteiger partial charge in [-0.2, -0.15) is 0 Å². The first-order valence-electron chi connectivity index (χ1n) is 5.88. The first-order valence-corrected chi connectivity index (χ1v) is 5.88. The summed E-state index contributed by atoms with van der Waals surface area (Å²) < 4.78 is 23.6. The van der Waals surface area contributed by atoms with E-state index in [0.717, 1.165) is 11.3 Å². The second kappa shape index (κ2) is 5.71. The Kier molecular flexibility index (Phi) is 4.02. The Morgan fingerprint density at radius 2 is 1.58 bits per heavy atom. The largest absolute Gasteiger partial charge is 0.497 e. The molecule has 0 amide bonds. The van der Waals surface area contributed by atoms with E-state index in [-0.39, 0.29) is 11.8 Å². The van der Waals surface area contributed by atoms with Crippen molar-refractivity contribution in [3.8, 4) is 11.5 Å². The molecule has 0 fully saturated rings. The molecule has 0 spiro atoms. The van der Waals surface area contributed by atoms with Gasteiger partial charge in [0.05, 0.1) is 20.3 Å². The number of methoxy groups -OCH3 is 2. The summed E-state index contributed by atoms with van der Waals surface area (Å²) in [6.07, 6.45) is 0. The highest BCUT2D eigenvalue weighted by Gasteiger charge is 2.12. The molecule has 0 aliphatic carbocycles. The highest BCUT2D eigenvalue weighted by molar-refractivity contribution is 5.38. The average Bonchev–Trinajstić information content (AvgIpc) is 2.46. The minimum Gasteiger partial charge on any atom is -0.497 e. The van der Waals surface area contributed by atoms with E-state index in [1.54, 1.807) is 19.2 Å². The van der Waals surface area contributed by atoms with Crippen LogP contribution in [0.25, 0.3) is 0 Å². The lowest BCUT2D eigenvalue weighted by molar-refractivity contribution is 0.386. The van der Waals surface area contributed by atoms with Crippen molar-refractivity contribution >= 4 is 0 Å². The van der Waals surface area contributed by atoms with Gasteiger partial charge in [0, 0.05) is 0 Å². The molecule has 100 valence electrons. The van der Waals surface area contributed by atoms with E-state index in [2.05, 4.69) is 0 Å². The minimum atomic E-state index is -0.413. The molecule has 0 saturated heterocycles. The lowest BCUT2D eigenvalue weighted by Gasteiger charge is -2.14. The monoisotopic (exact) mass is 261 g/mol. The van der Waals surface area contributed by atoms with Crippen molar-refractivity contribution in [3.05, 3.63) is 59.4 Å². The zero-order chi connectivity index (χ0) is 13.8. The summed E-state index contributed by atoms with van der Waals surface area (Å²) in [4.78, 5) is 0. The SMILES string of the molecule is COc1ccc(C(N)c2ccc(OC)c(F)c2)cc1. The predicted molar refractivity (Wildman–Crippen MR) is 72.0 cm³/mol. The van der Waals surface area contributed by atoms with Crippen LogP contribution in [0.15, 0.2) is 42.5 Å². The summed E-state index contributed by atoms with van der Waals surface area (Å²) in [5, 5.41) is 0. The molecule has 1 atom stereocenters. The molecule has 2 rings (SSSR count). The van der Waals surface area contributed by atoms with Crippen LogP contribution >= 0.6 is 0 Å². The summed E-state index contributed by atoms with van der Waals surface area (Å²) in [6.45, 7) is 0. The summed E-state index contributed by atoms with van der Waals surface area (Å²) in [7, 11) is 3.04. The van der Waals surface area contributed by atoms with Crippen LogP contribution < -0.4 is 15.2 Å². The molecule has 0 heterocycles. The van der Waals surface area contributed by atoms with Crippen LogP contribution in [0.1, 0.15) is 17.2 Å². The van der Waals surface area contributed by atoms with Gasteiger partial charge in [-0.05, 0) is 35.4 Å². The molecule has 0 aliphatic heterocycles. The molecule has 0 radical (unpaired) electrons. The topological polar surface area (TPSA) is 44.5 Å². The van der Waals surface area contributed by atoms with Crippen molar-refractivity contribution in [2.24, 2.45) is 5.73 Å². The highest BCUT2D eigenvalue weighted by Crippen LogP contribution is 2.25. The van der Waals surface area contributed by atoms with E-state index in [0.29, 0.717) is 5.56 Å². The van der Waals surface area contributed by atoms with Crippen LogP contribution in [0.5, 0.6) is 11.5 Å². The summed E-state index contributed by atoms with van der Waals surface area (Å²) in [5.74, 6) is 0.562. The van der Waals surface area contributed by atoms with Crippen LogP contribution in [-0.4, -0.2) is 14.2 Å². The van der Waals surface area contributed by atoms with Crippen molar-refractivity contribution in [1.29, 1.82) is 0 Å². The summed E-state index contributed by atoms with van der Waals surface area (Å²) in [6, 6.07) is 11.7. The van der Waals surface area contributed by atoms with Gasteiger partial charge in [-0.1, -0.05) is 18.2 Å². The normalized spacial score (nSPS) is 12.0. The molecule has 0 aliphatic rings. The molecule has 4 heteroatoms. The van der Waals surface area contributed by atoms with E-state index < -0.39 is 5.82 Å². The van der Waals surface area contributed by atoms with Crippen molar-refractivity contribution in [2.45, 2.75) is 6.04 Å². The minimum absolute atomic E-state index is 0.214. The van der Waals surface area contributed by atoms with Crippen LogP contribution in [0.3, 0.4) is 0 Å². The van der Waals surface area contributed by atoms with Gasteiger partial charge < -0.3 is 15.2 Å². The van der Waals surface area contributed by atoms with Gasteiger partial charge in [0.2, 0.25) is 0 Å². The van der Waals surface area contributed by atoms with Crippen molar-refractivity contribution in [2.75, 3.05) is 14.2 Å². The van der Waals surface area contributed by atoms with E-state index >= 15 is 0 Å². The van der Waals surface area contributed by atoms with Gasteiger partial charge >= 0.3 is 0 Å². The Labute approximate surface area is 111 Å². The van der Waals surface area contributed by atoms with E-state index in [1.807, 2.05) is 24.3 Å². The number of ether oxygens (including phenoxy) is 2. The number of hydrogen-bond acceptors (Lipinski definition) is 3. The van der Waals surface area contributed by atoms with Crippen molar-refractivity contribution in [3.63, 3.8) is 0 Å². The molecule has 1 unspecified atom stereocenters. The van der Waals surface area contributed by atoms with Crippen molar-refractivity contribution < 1.29 is 13.9 Å². The first kappa shape index (κ1) is 13.4. The lowest BCUT2D eigenvalue weighted by atomic mass is 9.99. The van der Waals surface area contributed by atoms with Gasteiger partial charge in [-0.3, -0.25) is 0 Å². The van der Waals surface area contributed by atoms with Gasteiger partial charge in [0.25, 0.3) is 0 Å². The molecule has 2 aromatic carbocycles. The Bertz CT molecular complexity index is 555. The maximum absolute atomic E-state index is 13.6. The summed E-state index contributed by atoms with van der Waals surface area (Å²) in [5.41, 5.74) is 7.71. The number of benzene rings is 2. The fraction of sp³-hybridized carbons (Fsp3) is 0.200. The molecular weight excluding hydrogens is 245 g/mol. The standard InChI is InChI=1S/C15H16FNO2/c1-18-12-6-3-10(4-7-12)15(17)11-5-8-14(19-2)13(16)9-11/h3-9,15H,17H2,1-2H3. The van der Waals surface area contributed by atoms with E-state index in [9.17, 15) is 4.39 Å². The average molecular weight is 261 g/mol. The maximum Gasteiger partial charge on any atom is 0.165 e. The van der Waals surface area contributed by atoms with E-state index in [1.165, 1.54) is 13.2 Å². The zero-order valence-corrected chi connectivity index (χ0v) is 10.9. The zero-order valence-electron chi connectivity index (χ0n) is 10.9. The Morgan fingerprint density at radius 3 is 2.11 bits per heavy atom. The number of hydrogen-bond donors (Lipinski definition) is 1. The van der Waals surface area contributed by atoms with E-state index in [4.69, 9.17) is 15.2 Å². The molecule has 3 nitrogen and oxygen atoms in total. The Hall–Kier alpha value is -2.07. The molecule has 2 N–H and O–H groups in total. The molecule has 0 bridgehead atoms. The quantitative estimate of drug-likeness (QED) is 0.920. The van der Waals surface area contributed by atoms with Crippen molar-refractivity contribution in [1.82, 2.24) is 0 Å². The van der Waals surface area contributed by atoms with Gasteiger partial charge in [0.15, 0.2) is 11.6 Å². The smallest absolute Gasteiger partial charge is 0.165 e. The van der Waals surface area contributed by atoms with Gasteiger partial charge in [-0.15, -0.1) is 0 Å². The molecule has 0 saturated carbocycles. The lowest BCUT2D eigenvalue weighted by Crippen LogP contribution is -2.12. The maximum atomic E-state index is 13.6. The number of nitrogens with two attached hydrogens (primary N) is 1. The van der Waals surface area contributed by atoms with Crippen LogP contribution in [0.4, 0.5) is 4.39 Å². The van der Waals surface area contributed by atoms with Crippen LogP contribution in [0, 0.1) is 5.82 Å². The second-order valence-corrected chi connectivity index (χ2v) is 4.14. The third kappa shape index (κ3) is 2.85. The van der Waals surface area contributed by atoms with Gasteiger partial charge in [-0.25, -0.2) is 4.39 Å².